The number of pyridine rings is 2. The first-order valence-electron chi connectivity index (χ1n) is 14.5. The molecule has 2 aromatic carbocycles. The van der Waals surface area contributed by atoms with E-state index in [0.717, 1.165) is 40.4 Å². The Morgan fingerprint density at radius 2 is 1.89 bits per heavy atom. The quantitative estimate of drug-likeness (QED) is 0.158. The SMILES string of the molecule is CCCCC(=O)Nc1cncc(-c2ccc3[nH]nc(-c4nc5c(-c6cc(F)cc(OCCN(C)C)c6)nccc5[nH]4)c3c2)c1. The third kappa shape index (κ3) is 6.28. The molecular weight excluding hydrogens is 559 g/mol. The van der Waals surface area contributed by atoms with Gasteiger partial charge < -0.3 is 19.9 Å². The van der Waals surface area contributed by atoms with E-state index in [1.165, 1.54) is 12.1 Å². The fraction of sp³-hybridized carbons (Fsp3) is 0.242. The Morgan fingerprint density at radius 1 is 1.00 bits per heavy atom. The van der Waals surface area contributed by atoms with Crippen LogP contribution in [0.25, 0.3) is 55.8 Å². The number of carbonyl (C=O) groups is 1. The molecule has 0 aliphatic heterocycles. The average molecular weight is 593 g/mol. The number of unbranched alkanes of at least 4 members (excludes halogenated alkanes) is 1. The van der Waals surface area contributed by atoms with E-state index < -0.39 is 5.82 Å². The van der Waals surface area contributed by atoms with Gasteiger partial charge >= 0.3 is 0 Å². The van der Waals surface area contributed by atoms with Crippen LogP contribution in [0.4, 0.5) is 10.1 Å². The molecule has 4 aromatic heterocycles. The first-order valence-corrected chi connectivity index (χ1v) is 14.5. The predicted molar refractivity (Wildman–Crippen MR) is 170 cm³/mol. The number of ether oxygens (including phenoxy) is 1. The number of benzene rings is 2. The summed E-state index contributed by atoms with van der Waals surface area (Å²) in [4.78, 5) is 31.4. The first kappa shape index (κ1) is 28.9. The third-order valence-electron chi connectivity index (χ3n) is 7.25. The number of aromatic amines is 2. The van der Waals surface area contributed by atoms with Gasteiger partial charge in [-0.2, -0.15) is 5.10 Å². The zero-order valence-electron chi connectivity index (χ0n) is 24.8. The second kappa shape index (κ2) is 12.6. The zero-order valence-corrected chi connectivity index (χ0v) is 24.8. The van der Waals surface area contributed by atoms with E-state index >= 15 is 0 Å². The van der Waals surface area contributed by atoms with Gasteiger partial charge in [0.05, 0.1) is 28.6 Å². The second-order valence-electron chi connectivity index (χ2n) is 10.9. The molecule has 44 heavy (non-hydrogen) atoms. The topological polar surface area (TPSA) is 125 Å². The number of H-pyrrole nitrogens is 2. The summed E-state index contributed by atoms with van der Waals surface area (Å²) < 4.78 is 20.4. The predicted octanol–water partition coefficient (Wildman–Crippen LogP) is 6.44. The van der Waals surface area contributed by atoms with Crippen molar-refractivity contribution in [2.45, 2.75) is 26.2 Å². The molecule has 0 saturated heterocycles. The van der Waals surface area contributed by atoms with Crippen molar-refractivity contribution >= 4 is 33.5 Å². The van der Waals surface area contributed by atoms with E-state index in [1.807, 2.05) is 49.3 Å². The molecule has 10 nitrogen and oxygen atoms in total. The largest absolute Gasteiger partial charge is 0.492 e. The van der Waals surface area contributed by atoms with Gasteiger partial charge in [-0.1, -0.05) is 19.4 Å². The lowest BCUT2D eigenvalue weighted by Crippen LogP contribution is -2.19. The van der Waals surface area contributed by atoms with Gasteiger partial charge in [-0.05, 0) is 62.5 Å². The molecular formula is C33H33FN8O2. The van der Waals surface area contributed by atoms with Crippen molar-refractivity contribution in [1.82, 2.24) is 35.0 Å². The summed E-state index contributed by atoms with van der Waals surface area (Å²) in [5.74, 6) is 0.540. The van der Waals surface area contributed by atoms with Gasteiger partial charge in [-0.15, -0.1) is 0 Å². The molecule has 0 spiro atoms. The highest BCUT2D eigenvalue weighted by Gasteiger charge is 2.18. The van der Waals surface area contributed by atoms with Crippen molar-refractivity contribution in [3.05, 3.63) is 72.9 Å². The average Bonchev–Trinajstić information content (AvgIpc) is 3.63. The number of fused-ring (bicyclic) bond motifs is 2. The van der Waals surface area contributed by atoms with Crippen LogP contribution >= 0.6 is 0 Å². The molecule has 0 bridgehead atoms. The molecule has 4 heterocycles. The lowest BCUT2D eigenvalue weighted by atomic mass is 10.0. The van der Waals surface area contributed by atoms with Crippen molar-refractivity contribution in [2.75, 3.05) is 32.6 Å². The highest BCUT2D eigenvalue weighted by molar-refractivity contribution is 5.98. The van der Waals surface area contributed by atoms with Gasteiger partial charge in [0.25, 0.3) is 0 Å². The number of aromatic nitrogens is 6. The van der Waals surface area contributed by atoms with E-state index in [4.69, 9.17) is 9.72 Å². The molecule has 0 aliphatic rings. The number of imidazole rings is 1. The summed E-state index contributed by atoms with van der Waals surface area (Å²) in [5.41, 5.74) is 6.33. The number of hydrogen-bond acceptors (Lipinski definition) is 7. The molecule has 0 radical (unpaired) electrons. The fourth-order valence-electron chi connectivity index (χ4n) is 4.99. The van der Waals surface area contributed by atoms with Crippen LogP contribution < -0.4 is 10.1 Å². The molecule has 0 unspecified atom stereocenters. The van der Waals surface area contributed by atoms with Crippen molar-refractivity contribution in [3.63, 3.8) is 0 Å². The molecule has 0 saturated carbocycles. The Hall–Kier alpha value is -5.16. The van der Waals surface area contributed by atoms with Crippen molar-refractivity contribution < 1.29 is 13.9 Å². The number of anilines is 1. The zero-order chi connectivity index (χ0) is 30.6. The molecule has 1 amide bonds. The van der Waals surface area contributed by atoms with Crippen LogP contribution in [0.3, 0.4) is 0 Å². The Balaban J connectivity index is 1.33. The number of halogens is 1. The standard InChI is InChI=1S/C33H33FN8O2/c1-4-5-6-29(43)37-24-14-22(18-35-19-24)20-7-8-27-26(16-20)31(41-40-27)33-38-28-9-10-36-30(32(28)39-33)21-13-23(34)17-25(15-21)44-12-11-42(2)3/h7-10,13-19H,4-6,11-12H2,1-3H3,(H,37,43)(H,38,39)(H,40,41). The second-order valence-corrected chi connectivity index (χ2v) is 10.9. The lowest BCUT2D eigenvalue weighted by Gasteiger charge is -2.12. The molecule has 0 fully saturated rings. The molecule has 11 heteroatoms. The van der Waals surface area contributed by atoms with Crippen LogP contribution in [0, 0.1) is 5.82 Å². The van der Waals surface area contributed by atoms with E-state index in [2.05, 4.69) is 37.4 Å². The van der Waals surface area contributed by atoms with Gasteiger partial charge in [0.2, 0.25) is 5.91 Å². The summed E-state index contributed by atoms with van der Waals surface area (Å²) >= 11 is 0. The highest BCUT2D eigenvalue weighted by Crippen LogP contribution is 2.34. The van der Waals surface area contributed by atoms with E-state index in [0.29, 0.717) is 59.3 Å². The Bertz CT molecular complexity index is 1950. The maximum Gasteiger partial charge on any atom is 0.224 e. The van der Waals surface area contributed by atoms with Crippen LogP contribution in [0.2, 0.25) is 0 Å². The van der Waals surface area contributed by atoms with E-state index in [1.54, 1.807) is 24.7 Å². The van der Waals surface area contributed by atoms with Crippen LogP contribution in [0.5, 0.6) is 5.75 Å². The number of nitrogens with one attached hydrogen (secondary N) is 3. The summed E-state index contributed by atoms with van der Waals surface area (Å²) in [7, 11) is 3.91. The van der Waals surface area contributed by atoms with Crippen LogP contribution in [-0.2, 0) is 4.79 Å². The maximum atomic E-state index is 14.6. The summed E-state index contributed by atoms with van der Waals surface area (Å²) in [6, 6.07) is 14.3. The number of likely N-dealkylation sites (N-methyl/N-ethyl adjacent to an activating group) is 1. The van der Waals surface area contributed by atoms with Crippen LogP contribution in [0.15, 0.2) is 67.1 Å². The minimum Gasteiger partial charge on any atom is -0.492 e. The number of hydrogen-bond donors (Lipinski definition) is 3. The van der Waals surface area contributed by atoms with Crippen LogP contribution in [-0.4, -0.2) is 68.2 Å². The minimum absolute atomic E-state index is 0.0246. The summed E-state index contributed by atoms with van der Waals surface area (Å²) in [5, 5.41) is 11.4. The van der Waals surface area contributed by atoms with Gasteiger partial charge in [0, 0.05) is 47.9 Å². The molecule has 6 rings (SSSR count). The van der Waals surface area contributed by atoms with Crippen molar-refractivity contribution in [1.29, 1.82) is 0 Å². The monoisotopic (exact) mass is 592 g/mol. The number of carbonyl (C=O) groups excluding carboxylic acids is 1. The highest BCUT2D eigenvalue weighted by atomic mass is 19.1. The van der Waals surface area contributed by atoms with Crippen molar-refractivity contribution in [3.8, 4) is 39.7 Å². The number of nitrogens with zero attached hydrogens (tertiary/aromatic N) is 5. The number of amides is 1. The lowest BCUT2D eigenvalue weighted by molar-refractivity contribution is -0.116. The van der Waals surface area contributed by atoms with Gasteiger partial charge in [0.15, 0.2) is 5.82 Å². The van der Waals surface area contributed by atoms with E-state index in [-0.39, 0.29) is 5.91 Å². The van der Waals surface area contributed by atoms with E-state index in [9.17, 15) is 9.18 Å². The maximum absolute atomic E-state index is 14.6. The van der Waals surface area contributed by atoms with Gasteiger partial charge in [-0.3, -0.25) is 19.9 Å². The molecule has 3 N–H and O–H groups in total. The number of rotatable bonds is 11. The minimum atomic E-state index is -0.415. The Morgan fingerprint density at radius 3 is 2.73 bits per heavy atom. The molecule has 6 aromatic rings. The fourth-order valence-corrected chi connectivity index (χ4v) is 4.99. The third-order valence-corrected chi connectivity index (χ3v) is 7.25. The Labute approximate surface area is 253 Å². The molecule has 0 aliphatic carbocycles. The first-order chi connectivity index (χ1) is 21.4. The smallest absolute Gasteiger partial charge is 0.224 e. The summed E-state index contributed by atoms with van der Waals surface area (Å²) in [6.07, 6.45) is 7.35. The summed E-state index contributed by atoms with van der Waals surface area (Å²) in [6.45, 7) is 3.20. The van der Waals surface area contributed by atoms with Crippen LogP contribution in [0.1, 0.15) is 26.2 Å². The molecule has 224 valence electrons. The molecule has 0 atom stereocenters. The Kier molecular flexibility index (Phi) is 8.29. The van der Waals surface area contributed by atoms with Gasteiger partial charge in [0.1, 0.15) is 29.4 Å². The van der Waals surface area contributed by atoms with Crippen molar-refractivity contribution in [2.24, 2.45) is 0 Å². The van der Waals surface area contributed by atoms with Gasteiger partial charge in [-0.25, -0.2) is 9.37 Å². The normalized spacial score (nSPS) is 11.5.